The third-order valence-corrected chi connectivity index (χ3v) is 7.54. The summed E-state index contributed by atoms with van der Waals surface area (Å²) in [6.45, 7) is 0.108. The van der Waals surface area contributed by atoms with Gasteiger partial charge in [-0.25, -0.2) is 13.9 Å². The third kappa shape index (κ3) is 3.49. The van der Waals surface area contributed by atoms with E-state index >= 15 is 0 Å². The van der Waals surface area contributed by atoms with E-state index in [-0.39, 0.29) is 18.7 Å². The van der Waals surface area contributed by atoms with E-state index in [2.05, 4.69) is 0 Å². The summed E-state index contributed by atoms with van der Waals surface area (Å²) in [5.41, 5.74) is 4.06. The number of fused-ring (bicyclic) bond motifs is 2. The van der Waals surface area contributed by atoms with E-state index in [0.29, 0.717) is 5.56 Å². The van der Waals surface area contributed by atoms with E-state index in [1.165, 1.54) is 4.31 Å². The van der Waals surface area contributed by atoms with Crippen LogP contribution >= 0.6 is 11.3 Å². The number of amides is 1. The predicted molar refractivity (Wildman–Crippen MR) is 104 cm³/mol. The summed E-state index contributed by atoms with van der Waals surface area (Å²) in [5.74, 6) is -0.919. The standard InChI is InChI=1S/C19H18N2O4S2/c22-19(20-23)17-10-14-3-1-2-4-16(14)11-21(17)27(24,25)12-13-5-6-18-15(9-13)7-8-26-18/h1-9,17,23H,10-12H2,(H,20,22)/t17-/m1/s1. The first-order valence-electron chi connectivity index (χ1n) is 8.44. The van der Waals surface area contributed by atoms with Gasteiger partial charge >= 0.3 is 0 Å². The number of rotatable bonds is 4. The second kappa shape index (κ2) is 7.05. The summed E-state index contributed by atoms with van der Waals surface area (Å²) < 4.78 is 28.6. The largest absolute Gasteiger partial charge is 0.289 e. The first kappa shape index (κ1) is 18.1. The van der Waals surface area contributed by atoms with E-state index in [9.17, 15) is 13.2 Å². The van der Waals surface area contributed by atoms with Gasteiger partial charge in [-0.15, -0.1) is 11.3 Å². The molecule has 0 bridgehead atoms. The van der Waals surface area contributed by atoms with Gasteiger partial charge in [-0.1, -0.05) is 30.3 Å². The minimum Gasteiger partial charge on any atom is -0.289 e. The Morgan fingerprint density at radius 1 is 1.19 bits per heavy atom. The Morgan fingerprint density at radius 3 is 2.74 bits per heavy atom. The molecule has 1 amide bonds. The number of hydrogen-bond acceptors (Lipinski definition) is 5. The molecule has 27 heavy (non-hydrogen) atoms. The minimum atomic E-state index is -3.77. The molecule has 2 heterocycles. The maximum absolute atomic E-state index is 13.1. The molecule has 0 saturated heterocycles. The van der Waals surface area contributed by atoms with Crippen LogP contribution in [0.15, 0.2) is 53.9 Å². The lowest BCUT2D eigenvalue weighted by molar-refractivity contribution is -0.133. The first-order valence-corrected chi connectivity index (χ1v) is 10.9. The van der Waals surface area contributed by atoms with Crippen molar-refractivity contribution in [3.05, 3.63) is 70.6 Å². The molecule has 0 radical (unpaired) electrons. The van der Waals surface area contributed by atoms with Gasteiger partial charge in [0.25, 0.3) is 5.91 Å². The van der Waals surface area contributed by atoms with E-state index < -0.39 is 22.0 Å². The maximum atomic E-state index is 13.1. The van der Waals surface area contributed by atoms with Crippen LogP contribution in [0.5, 0.6) is 0 Å². The van der Waals surface area contributed by atoms with Crippen molar-refractivity contribution in [3.63, 3.8) is 0 Å². The summed E-state index contributed by atoms with van der Waals surface area (Å²) in [4.78, 5) is 12.2. The Bertz CT molecular complexity index is 1110. The van der Waals surface area contributed by atoms with Crippen molar-refractivity contribution in [2.75, 3.05) is 0 Å². The highest BCUT2D eigenvalue weighted by Crippen LogP contribution is 2.29. The van der Waals surface area contributed by atoms with E-state index in [4.69, 9.17) is 5.21 Å². The van der Waals surface area contributed by atoms with Crippen LogP contribution in [0, 0.1) is 0 Å². The highest BCUT2D eigenvalue weighted by atomic mass is 32.2. The van der Waals surface area contributed by atoms with E-state index in [1.54, 1.807) is 22.9 Å². The van der Waals surface area contributed by atoms with E-state index in [0.717, 1.165) is 21.2 Å². The summed E-state index contributed by atoms with van der Waals surface area (Å²) >= 11 is 1.60. The predicted octanol–water partition coefficient (Wildman–Crippen LogP) is 2.66. The number of thiophene rings is 1. The lowest BCUT2D eigenvalue weighted by Gasteiger charge is -2.34. The molecule has 1 aliphatic heterocycles. The smallest absolute Gasteiger partial charge is 0.262 e. The van der Waals surface area contributed by atoms with Gasteiger partial charge < -0.3 is 0 Å². The molecule has 1 aliphatic rings. The van der Waals surface area contributed by atoms with Gasteiger partial charge in [0.2, 0.25) is 10.0 Å². The molecule has 6 nitrogen and oxygen atoms in total. The molecule has 3 aromatic rings. The van der Waals surface area contributed by atoms with Crippen LogP contribution in [0.25, 0.3) is 10.1 Å². The van der Waals surface area contributed by atoms with Gasteiger partial charge in [0.1, 0.15) is 6.04 Å². The Labute approximate surface area is 161 Å². The van der Waals surface area contributed by atoms with Gasteiger partial charge in [-0.05, 0) is 52.1 Å². The average Bonchev–Trinajstić information content (AvgIpc) is 3.13. The number of sulfonamides is 1. The molecule has 2 N–H and O–H groups in total. The SMILES string of the molecule is O=C(NO)[C@H]1Cc2ccccc2CN1S(=O)(=O)Cc1ccc2sccc2c1. The van der Waals surface area contributed by atoms with Gasteiger partial charge in [-0.3, -0.25) is 10.0 Å². The van der Waals surface area contributed by atoms with Crippen molar-refractivity contribution in [1.82, 2.24) is 9.79 Å². The molecule has 0 fully saturated rings. The maximum Gasteiger partial charge on any atom is 0.262 e. The van der Waals surface area contributed by atoms with Crippen LogP contribution in [0.2, 0.25) is 0 Å². The minimum absolute atomic E-state index is 0.108. The molecule has 4 rings (SSSR count). The van der Waals surface area contributed by atoms with Crippen molar-refractivity contribution in [2.45, 2.75) is 24.8 Å². The Balaban J connectivity index is 1.68. The Morgan fingerprint density at radius 2 is 1.96 bits per heavy atom. The molecule has 140 valence electrons. The van der Waals surface area contributed by atoms with Crippen LogP contribution in [-0.2, 0) is 33.5 Å². The average molecular weight is 402 g/mol. The summed E-state index contributed by atoms with van der Waals surface area (Å²) in [5, 5.41) is 12.0. The van der Waals surface area contributed by atoms with Crippen LogP contribution < -0.4 is 5.48 Å². The molecule has 0 spiro atoms. The number of hydroxylamine groups is 1. The first-order chi connectivity index (χ1) is 13.0. The van der Waals surface area contributed by atoms with Crippen LogP contribution in [0.3, 0.4) is 0 Å². The number of nitrogens with zero attached hydrogens (tertiary/aromatic N) is 1. The van der Waals surface area contributed by atoms with Crippen LogP contribution in [0.4, 0.5) is 0 Å². The van der Waals surface area contributed by atoms with Crippen molar-refractivity contribution < 1.29 is 18.4 Å². The number of carbonyl (C=O) groups is 1. The lowest BCUT2D eigenvalue weighted by Crippen LogP contribution is -2.52. The molecule has 1 atom stereocenters. The number of hydrogen-bond donors (Lipinski definition) is 2. The van der Waals surface area contributed by atoms with Gasteiger partial charge in [0, 0.05) is 11.2 Å². The highest BCUT2D eigenvalue weighted by molar-refractivity contribution is 7.88. The monoisotopic (exact) mass is 402 g/mol. The quantitative estimate of drug-likeness (QED) is 0.519. The lowest BCUT2D eigenvalue weighted by atomic mass is 9.95. The van der Waals surface area contributed by atoms with Gasteiger partial charge in [0.05, 0.1) is 5.75 Å². The normalized spacial score (nSPS) is 17.6. The third-order valence-electron chi connectivity index (χ3n) is 4.84. The number of carbonyl (C=O) groups excluding carboxylic acids is 1. The molecule has 0 saturated carbocycles. The molecule has 8 heteroatoms. The van der Waals surface area contributed by atoms with Crippen molar-refractivity contribution in [3.8, 4) is 0 Å². The summed E-state index contributed by atoms with van der Waals surface area (Å²) in [7, 11) is -3.77. The zero-order valence-corrected chi connectivity index (χ0v) is 16.0. The van der Waals surface area contributed by atoms with Crippen molar-refractivity contribution in [2.24, 2.45) is 0 Å². The second-order valence-corrected chi connectivity index (χ2v) is 9.43. The van der Waals surface area contributed by atoms with Crippen LogP contribution in [0.1, 0.15) is 16.7 Å². The molecule has 2 aromatic carbocycles. The zero-order valence-electron chi connectivity index (χ0n) is 14.3. The molecule has 0 unspecified atom stereocenters. The zero-order chi connectivity index (χ0) is 19.0. The molecule has 0 aliphatic carbocycles. The fourth-order valence-corrected chi connectivity index (χ4v) is 5.92. The molecule has 1 aromatic heterocycles. The Hall–Kier alpha value is -2.26. The van der Waals surface area contributed by atoms with E-state index in [1.807, 2.05) is 47.8 Å². The second-order valence-electron chi connectivity index (χ2n) is 6.56. The topological polar surface area (TPSA) is 86.7 Å². The van der Waals surface area contributed by atoms with Crippen LogP contribution in [-0.4, -0.2) is 29.9 Å². The molecular weight excluding hydrogens is 384 g/mol. The summed E-state index contributed by atoms with van der Waals surface area (Å²) in [6, 6.07) is 14.0. The fraction of sp³-hybridized carbons (Fsp3) is 0.211. The number of nitrogens with one attached hydrogen (secondary N) is 1. The van der Waals surface area contributed by atoms with Crippen molar-refractivity contribution >= 4 is 37.4 Å². The fourth-order valence-electron chi connectivity index (χ4n) is 3.49. The van der Waals surface area contributed by atoms with Gasteiger partial charge in [-0.2, -0.15) is 4.31 Å². The molecular formula is C19H18N2O4S2. The van der Waals surface area contributed by atoms with Gasteiger partial charge in [0.15, 0.2) is 0 Å². The highest BCUT2D eigenvalue weighted by Gasteiger charge is 2.38. The number of benzene rings is 2. The van der Waals surface area contributed by atoms with Crippen molar-refractivity contribution in [1.29, 1.82) is 0 Å². The Kier molecular flexibility index (Phi) is 4.73. The summed E-state index contributed by atoms with van der Waals surface area (Å²) in [6.07, 6.45) is 0.228.